The second-order valence-electron chi connectivity index (χ2n) is 3.18. The van der Waals surface area contributed by atoms with E-state index in [1.165, 1.54) is 5.69 Å². The topological polar surface area (TPSA) is 20.3 Å². The van der Waals surface area contributed by atoms with Crippen molar-refractivity contribution < 1.29 is 4.79 Å². The van der Waals surface area contributed by atoms with Crippen LogP contribution in [-0.4, -0.2) is 19.9 Å². The largest absolute Gasteiger partial charge is 0.375 e. The van der Waals surface area contributed by atoms with Crippen molar-refractivity contribution in [1.82, 2.24) is 0 Å². The molecule has 0 saturated carbocycles. The van der Waals surface area contributed by atoms with Gasteiger partial charge in [0.25, 0.3) is 0 Å². The van der Waals surface area contributed by atoms with E-state index in [4.69, 9.17) is 0 Å². The Kier molecular flexibility index (Phi) is 3.07. The second kappa shape index (κ2) is 4.08. The maximum atomic E-state index is 10.5. The predicted octanol–water partition coefficient (Wildman–Crippen LogP) is 2.26. The van der Waals surface area contributed by atoms with Crippen molar-refractivity contribution in [3.63, 3.8) is 0 Å². The first-order valence-electron chi connectivity index (χ1n) is 4.46. The highest BCUT2D eigenvalue weighted by atomic mass is 16.1. The molecule has 0 heterocycles. The van der Waals surface area contributed by atoms with Crippen LogP contribution < -0.4 is 4.90 Å². The maximum absolute atomic E-state index is 10.5. The Labute approximate surface area is 79.2 Å². The van der Waals surface area contributed by atoms with Crippen LogP contribution in [0.3, 0.4) is 0 Å². The number of aryl methyl sites for hydroxylation is 1. The lowest BCUT2D eigenvalue weighted by molar-refractivity contribution is 0.112. The first-order valence-corrected chi connectivity index (χ1v) is 4.46. The zero-order valence-electron chi connectivity index (χ0n) is 8.37. The standard InChI is InChI=1S/C11H15NO/c1-4-12(3)11-6-5-10(8-13)7-9(11)2/h5-8H,4H2,1-3H3. The Morgan fingerprint density at radius 1 is 1.46 bits per heavy atom. The molecular formula is C11H15NO. The van der Waals surface area contributed by atoms with Gasteiger partial charge in [0.2, 0.25) is 0 Å². The van der Waals surface area contributed by atoms with Crippen molar-refractivity contribution in [2.24, 2.45) is 0 Å². The van der Waals surface area contributed by atoms with Gasteiger partial charge in [0.1, 0.15) is 6.29 Å². The van der Waals surface area contributed by atoms with Crippen molar-refractivity contribution in [2.45, 2.75) is 13.8 Å². The Balaban J connectivity index is 3.04. The Hall–Kier alpha value is -1.31. The lowest BCUT2D eigenvalue weighted by Crippen LogP contribution is -2.16. The molecule has 0 N–H and O–H groups in total. The van der Waals surface area contributed by atoms with Crippen LogP contribution in [0.25, 0.3) is 0 Å². The summed E-state index contributed by atoms with van der Waals surface area (Å²) >= 11 is 0. The zero-order chi connectivity index (χ0) is 9.84. The molecule has 0 amide bonds. The smallest absolute Gasteiger partial charge is 0.150 e. The second-order valence-corrected chi connectivity index (χ2v) is 3.18. The summed E-state index contributed by atoms with van der Waals surface area (Å²) in [5.41, 5.74) is 3.08. The average Bonchev–Trinajstić information content (AvgIpc) is 2.16. The van der Waals surface area contributed by atoms with Gasteiger partial charge in [-0.1, -0.05) is 0 Å². The van der Waals surface area contributed by atoms with Crippen LogP contribution in [0.4, 0.5) is 5.69 Å². The van der Waals surface area contributed by atoms with Crippen molar-refractivity contribution in [3.05, 3.63) is 29.3 Å². The summed E-state index contributed by atoms with van der Waals surface area (Å²) in [7, 11) is 2.04. The minimum atomic E-state index is 0.741. The Morgan fingerprint density at radius 2 is 2.15 bits per heavy atom. The van der Waals surface area contributed by atoms with Crippen LogP contribution in [0, 0.1) is 6.92 Å². The highest BCUT2D eigenvalue weighted by Crippen LogP contribution is 2.18. The summed E-state index contributed by atoms with van der Waals surface area (Å²) in [4.78, 5) is 12.7. The quantitative estimate of drug-likeness (QED) is 0.660. The van der Waals surface area contributed by atoms with Crippen LogP contribution >= 0.6 is 0 Å². The minimum Gasteiger partial charge on any atom is -0.375 e. The summed E-state index contributed by atoms with van der Waals surface area (Å²) in [5.74, 6) is 0. The van der Waals surface area contributed by atoms with Gasteiger partial charge in [-0.2, -0.15) is 0 Å². The molecule has 0 aliphatic heterocycles. The lowest BCUT2D eigenvalue weighted by atomic mass is 10.1. The predicted molar refractivity (Wildman–Crippen MR) is 55.5 cm³/mol. The molecule has 0 fully saturated rings. The van der Waals surface area contributed by atoms with Gasteiger partial charge in [-0.3, -0.25) is 4.79 Å². The zero-order valence-corrected chi connectivity index (χ0v) is 8.37. The molecule has 1 rings (SSSR count). The SMILES string of the molecule is CCN(C)c1ccc(C=O)cc1C. The molecule has 0 aliphatic rings. The van der Waals surface area contributed by atoms with Crippen LogP contribution in [0.5, 0.6) is 0 Å². The summed E-state index contributed by atoms with van der Waals surface area (Å²) in [6.45, 7) is 5.10. The number of aldehydes is 1. The van der Waals surface area contributed by atoms with Crippen molar-refractivity contribution in [2.75, 3.05) is 18.5 Å². The average molecular weight is 177 g/mol. The number of hydrogen-bond acceptors (Lipinski definition) is 2. The van der Waals surface area contributed by atoms with Gasteiger partial charge in [-0.15, -0.1) is 0 Å². The van der Waals surface area contributed by atoms with Crippen LogP contribution in [0.1, 0.15) is 22.8 Å². The van der Waals surface area contributed by atoms with Crippen molar-refractivity contribution in [3.8, 4) is 0 Å². The number of anilines is 1. The van der Waals surface area contributed by atoms with E-state index in [0.717, 1.165) is 24.0 Å². The molecule has 2 heteroatoms. The fraction of sp³-hybridized carbons (Fsp3) is 0.364. The molecule has 0 saturated heterocycles. The summed E-state index contributed by atoms with van der Waals surface area (Å²) in [5, 5.41) is 0. The summed E-state index contributed by atoms with van der Waals surface area (Å²) < 4.78 is 0. The third-order valence-electron chi connectivity index (χ3n) is 2.24. The van der Waals surface area contributed by atoms with E-state index in [1.54, 1.807) is 0 Å². The van der Waals surface area contributed by atoms with Crippen molar-refractivity contribution >= 4 is 12.0 Å². The molecule has 0 unspecified atom stereocenters. The van der Waals surface area contributed by atoms with Crippen LogP contribution in [-0.2, 0) is 0 Å². The molecule has 1 aromatic carbocycles. The van der Waals surface area contributed by atoms with E-state index in [1.807, 2.05) is 32.2 Å². The third-order valence-corrected chi connectivity index (χ3v) is 2.24. The monoisotopic (exact) mass is 177 g/mol. The fourth-order valence-electron chi connectivity index (χ4n) is 1.35. The highest BCUT2D eigenvalue weighted by molar-refractivity contribution is 5.76. The van der Waals surface area contributed by atoms with Gasteiger partial charge < -0.3 is 4.90 Å². The summed E-state index contributed by atoms with van der Waals surface area (Å²) in [6, 6.07) is 5.75. The number of hydrogen-bond donors (Lipinski definition) is 0. The van der Waals surface area contributed by atoms with E-state index in [2.05, 4.69) is 11.8 Å². The molecule has 0 aromatic heterocycles. The molecule has 13 heavy (non-hydrogen) atoms. The fourth-order valence-corrected chi connectivity index (χ4v) is 1.35. The Bertz CT molecular complexity index is 307. The number of nitrogens with zero attached hydrogens (tertiary/aromatic N) is 1. The normalized spacial score (nSPS) is 9.77. The van der Waals surface area contributed by atoms with Gasteiger partial charge in [0, 0.05) is 24.8 Å². The number of rotatable bonds is 3. The van der Waals surface area contributed by atoms with Crippen LogP contribution in [0.2, 0.25) is 0 Å². The summed E-state index contributed by atoms with van der Waals surface area (Å²) in [6.07, 6.45) is 0.878. The number of carbonyl (C=O) groups excluding carboxylic acids is 1. The van der Waals surface area contributed by atoms with Crippen molar-refractivity contribution in [1.29, 1.82) is 0 Å². The highest BCUT2D eigenvalue weighted by Gasteiger charge is 2.02. The maximum Gasteiger partial charge on any atom is 0.150 e. The van der Waals surface area contributed by atoms with Gasteiger partial charge in [-0.05, 0) is 37.6 Å². The van der Waals surface area contributed by atoms with Gasteiger partial charge in [0.05, 0.1) is 0 Å². The molecular weight excluding hydrogens is 162 g/mol. The van der Waals surface area contributed by atoms with E-state index in [-0.39, 0.29) is 0 Å². The number of benzene rings is 1. The minimum absolute atomic E-state index is 0.741. The molecule has 0 spiro atoms. The molecule has 0 bridgehead atoms. The van der Waals surface area contributed by atoms with E-state index in [9.17, 15) is 4.79 Å². The molecule has 70 valence electrons. The number of carbonyl (C=O) groups is 1. The van der Waals surface area contributed by atoms with Gasteiger partial charge in [0.15, 0.2) is 0 Å². The van der Waals surface area contributed by atoms with Gasteiger partial charge in [-0.25, -0.2) is 0 Å². The van der Waals surface area contributed by atoms with E-state index < -0.39 is 0 Å². The lowest BCUT2D eigenvalue weighted by Gasteiger charge is -2.19. The molecule has 1 aromatic rings. The molecule has 0 atom stereocenters. The third kappa shape index (κ3) is 2.08. The van der Waals surface area contributed by atoms with E-state index >= 15 is 0 Å². The first kappa shape index (κ1) is 9.78. The van der Waals surface area contributed by atoms with Crippen LogP contribution in [0.15, 0.2) is 18.2 Å². The first-order chi connectivity index (χ1) is 6.19. The Morgan fingerprint density at radius 3 is 2.62 bits per heavy atom. The van der Waals surface area contributed by atoms with Gasteiger partial charge >= 0.3 is 0 Å². The molecule has 0 radical (unpaired) electrons. The molecule has 0 aliphatic carbocycles. The van der Waals surface area contributed by atoms with E-state index in [0.29, 0.717) is 0 Å². The molecule has 2 nitrogen and oxygen atoms in total.